The molecule has 0 radical (unpaired) electrons. The third-order valence-corrected chi connectivity index (χ3v) is 4.40. The second-order valence-electron chi connectivity index (χ2n) is 6.43. The first-order valence-electron chi connectivity index (χ1n) is 9.39. The number of morpholine rings is 1. The fourth-order valence-electron chi connectivity index (χ4n) is 2.85. The van der Waals surface area contributed by atoms with Crippen LogP contribution >= 0.6 is 0 Å². The highest BCUT2D eigenvalue weighted by Gasteiger charge is 2.09. The van der Waals surface area contributed by atoms with Crippen molar-refractivity contribution in [3.63, 3.8) is 0 Å². The van der Waals surface area contributed by atoms with Gasteiger partial charge in [0.05, 0.1) is 26.0 Å². The lowest BCUT2D eigenvalue weighted by Gasteiger charge is -2.26. The minimum Gasteiger partial charge on any atom is -0.469 e. The zero-order valence-electron chi connectivity index (χ0n) is 15.5. The van der Waals surface area contributed by atoms with Crippen molar-refractivity contribution in [2.45, 2.75) is 13.0 Å². The Bertz CT molecular complexity index is 683. The lowest BCUT2D eigenvalue weighted by Crippen LogP contribution is -2.44. The van der Waals surface area contributed by atoms with Crippen LogP contribution < -0.4 is 10.6 Å². The molecule has 0 spiro atoms. The Morgan fingerprint density at radius 2 is 1.85 bits per heavy atom. The molecule has 7 heteroatoms. The zero-order valence-corrected chi connectivity index (χ0v) is 15.5. The number of hydrogen-bond acceptors (Lipinski definition) is 4. The van der Waals surface area contributed by atoms with E-state index in [1.54, 1.807) is 18.4 Å². The van der Waals surface area contributed by atoms with Gasteiger partial charge in [-0.25, -0.2) is 9.38 Å². The van der Waals surface area contributed by atoms with Gasteiger partial charge in [0, 0.05) is 39.1 Å². The van der Waals surface area contributed by atoms with E-state index < -0.39 is 0 Å². The van der Waals surface area contributed by atoms with Gasteiger partial charge in [0.15, 0.2) is 5.96 Å². The molecule has 1 fully saturated rings. The molecule has 3 rings (SSSR count). The summed E-state index contributed by atoms with van der Waals surface area (Å²) in [6.07, 6.45) is 2.47. The van der Waals surface area contributed by atoms with E-state index in [1.807, 2.05) is 12.1 Å². The first-order valence-corrected chi connectivity index (χ1v) is 9.39. The molecule has 0 aliphatic carbocycles. The summed E-state index contributed by atoms with van der Waals surface area (Å²) in [6.45, 7) is 6.49. The molecule has 1 aromatic heterocycles. The van der Waals surface area contributed by atoms with Crippen LogP contribution in [0.4, 0.5) is 4.39 Å². The molecule has 0 bridgehead atoms. The highest BCUT2D eigenvalue weighted by molar-refractivity contribution is 5.79. The molecule has 0 unspecified atom stereocenters. The van der Waals surface area contributed by atoms with Crippen molar-refractivity contribution in [2.75, 3.05) is 45.9 Å². The van der Waals surface area contributed by atoms with E-state index >= 15 is 0 Å². The van der Waals surface area contributed by atoms with Gasteiger partial charge in [-0.15, -0.1) is 0 Å². The van der Waals surface area contributed by atoms with E-state index in [-0.39, 0.29) is 5.82 Å². The second kappa shape index (κ2) is 10.7. The third kappa shape index (κ3) is 7.03. The number of nitrogens with one attached hydrogen (secondary N) is 2. The standard InChI is InChI=1S/C20H27FN4O2/c21-18-5-3-17(4-6-18)16-24-20(22-8-7-19-2-1-13-27-19)23-9-10-25-11-14-26-15-12-25/h1-6,13H,7-12,14-16H2,(H2,22,23,24). The summed E-state index contributed by atoms with van der Waals surface area (Å²) in [6, 6.07) is 10.3. The highest BCUT2D eigenvalue weighted by atomic mass is 19.1. The molecule has 2 N–H and O–H groups in total. The lowest BCUT2D eigenvalue weighted by atomic mass is 10.2. The SMILES string of the molecule is Fc1ccc(CN=C(NCCc2ccco2)NCCN2CCOCC2)cc1. The average Bonchev–Trinajstić information content (AvgIpc) is 3.21. The van der Waals surface area contributed by atoms with E-state index in [9.17, 15) is 4.39 Å². The van der Waals surface area contributed by atoms with Crippen LogP contribution in [0.1, 0.15) is 11.3 Å². The van der Waals surface area contributed by atoms with Gasteiger partial charge >= 0.3 is 0 Å². The molecular formula is C20H27FN4O2. The number of benzene rings is 1. The monoisotopic (exact) mass is 374 g/mol. The number of aliphatic imine (C=N–C) groups is 1. The molecule has 1 aromatic carbocycles. The molecule has 1 saturated heterocycles. The molecule has 2 aromatic rings. The van der Waals surface area contributed by atoms with E-state index in [4.69, 9.17) is 9.15 Å². The molecular weight excluding hydrogens is 347 g/mol. The largest absolute Gasteiger partial charge is 0.469 e. The maximum atomic E-state index is 13.0. The summed E-state index contributed by atoms with van der Waals surface area (Å²) in [5.41, 5.74) is 0.969. The normalized spacial score (nSPS) is 15.7. The van der Waals surface area contributed by atoms with Crippen molar-refractivity contribution < 1.29 is 13.5 Å². The minimum atomic E-state index is -0.233. The number of furan rings is 1. The zero-order chi connectivity index (χ0) is 18.7. The Kier molecular flexibility index (Phi) is 7.68. The maximum absolute atomic E-state index is 13.0. The fourth-order valence-corrected chi connectivity index (χ4v) is 2.85. The first kappa shape index (κ1) is 19.4. The Hall–Kier alpha value is -2.38. The first-order chi connectivity index (χ1) is 13.3. The van der Waals surface area contributed by atoms with Gasteiger partial charge in [-0.05, 0) is 29.8 Å². The lowest BCUT2D eigenvalue weighted by molar-refractivity contribution is 0.0389. The summed E-state index contributed by atoms with van der Waals surface area (Å²) < 4.78 is 23.8. The Morgan fingerprint density at radius 1 is 1.07 bits per heavy atom. The molecule has 6 nitrogen and oxygen atoms in total. The second-order valence-corrected chi connectivity index (χ2v) is 6.43. The van der Waals surface area contributed by atoms with Crippen LogP contribution in [0.2, 0.25) is 0 Å². The number of halogens is 1. The van der Waals surface area contributed by atoms with Crippen molar-refractivity contribution in [1.82, 2.24) is 15.5 Å². The summed E-state index contributed by atoms with van der Waals surface area (Å²) in [4.78, 5) is 7.00. The van der Waals surface area contributed by atoms with Crippen molar-refractivity contribution in [3.05, 3.63) is 59.8 Å². The van der Waals surface area contributed by atoms with Gasteiger partial charge in [-0.2, -0.15) is 0 Å². The number of guanidine groups is 1. The maximum Gasteiger partial charge on any atom is 0.191 e. The van der Waals surface area contributed by atoms with Gasteiger partial charge in [0.2, 0.25) is 0 Å². The predicted octanol–water partition coefficient (Wildman–Crippen LogP) is 2.03. The van der Waals surface area contributed by atoms with Gasteiger partial charge in [0.25, 0.3) is 0 Å². The molecule has 1 aliphatic rings. The summed E-state index contributed by atoms with van der Waals surface area (Å²) in [5, 5.41) is 6.72. The van der Waals surface area contributed by atoms with Crippen molar-refractivity contribution in [1.29, 1.82) is 0 Å². The molecule has 0 atom stereocenters. The van der Waals surface area contributed by atoms with Crippen LogP contribution in [-0.4, -0.2) is 56.8 Å². The smallest absolute Gasteiger partial charge is 0.191 e. The summed E-state index contributed by atoms with van der Waals surface area (Å²) in [5.74, 6) is 1.45. The van der Waals surface area contributed by atoms with Crippen LogP contribution in [0.3, 0.4) is 0 Å². The van der Waals surface area contributed by atoms with Crippen LogP contribution in [0.15, 0.2) is 52.1 Å². The molecule has 2 heterocycles. The van der Waals surface area contributed by atoms with Crippen LogP contribution in [0, 0.1) is 5.82 Å². The Labute approximate surface area is 159 Å². The number of nitrogens with zero attached hydrogens (tertiary/aromatic N) is 2. The van der Waals surface area contributed by atoms with Gasteiger partial charge in [-0.3, -0.25) is 4.90 Å². The number of ether oxygens (including phenoxy) is 1. The number of hydrogen-bond donors (Lipinski definition) is 2. The molecule has 146 valence electrons. The molecule has 0 amide bonds. The van der Waals surface area contributed by atoms with Crippen molar-refractivity contribution in [3.8, 4) is 0 Å². The van der Waals surface area contributed by atoms with E-state index in [1.165, 1.54) is 12.1 Å². The van der Waals surface area contributed by atoms with Gasteiger partial charge in [-0.1, -0.05) is 12.1 Å². The van der Waals surface area contributed by atoms with Gasteiger partial charge < -0.3 is 19.8 Å². The summed E-state index contributed by atoms with van der Waals surface area (Å²) >= 11 is 0. The fraction of sp³-hybridized carbons (Fsp3) is 0.450. The van der Waals surface area contributed by atoms with E-state index in [0.717, 1.165) is 69.6 Å². The third-order valence-electron chi connectivity index (χ3n) is 4.40. The quantitative estimate of drug-likeness (QED) is 0.547. The predicted molar refractivity (Wildman–Crippen MR) is 103 cm³/mol. The molecule has 1 aliphatic heterocycles. The van der Waals surface area contributed by atoms with Crippen molar-refractivity contribution in [2.24, 2.45) is 4.99 Å². The number of rotatable bonds is 8. The highest BCUT2D eigenvalue weighted by Crippen LogP contribution is 2.04. The van der Waals surface area contributed by atoms with Crippen LogP contribution in [0.25, 0.3) is 0 Å². The summed E-state index contributed by atoms with van der Waals surface area (Å²) in [7, 11) is 0. The molecule has 27 heavy (non-hydrogen) atoms. The Morgan fingerprint density at radius 3 is 2.59 bits per heavy atom. The van der Waals surface area contributed by atoms with E-state index in [2.05, 4.69) is 20.5 Å². The topological polar surface area (TPSA) is 62.0 Å². The van der Waals surface area contributed by atoms with Gasteiger partial charge in [0.1, 0.15) is 11.6 Å². The van der Waals surface area contributed by atoms with Crippen molar-refractivity contribution >= 4 is 5.96 Å². The minimum absolute atomic E-state index is 0.233. The van der Waals surface area contributed by atoms with Crippen LogP contribution in [0.5, 0.6) is 0 Å². The molecule has 0 saturated carbocycles. The van der Waals surface area contributed by atoms with Crippen LogP contribution in [-0.2, 0) is 17.7 Å². The Balaban J connectivity index is 1.49. The average molecular weight is 374 g/mol. The van der Waals surface area contributed by atoms with E-state index in [0.29, 0.717) is 6.54 Å².